The highest BCUT2D eigenvalue weighted by atomic mass is 35.5. The Morgan fingerprint density at radius 1 is 0.960 bits per heavy atom. The van der Waals surface area contributed by atoms with Gasteiger partial charge in [0.05, 0.1) is 0 Å². The molecule has 1 aliphatic rings. The van der Waals surface area contributed by atoms with Gasteiger partial charge in [-0.2, -0.15) is 0 Å². The molecule has 0 radical (unpaired) electrons. The zero-order valence-electron chi connectivity index (χ0n) is 14.1. The van der Waals surface area contributed by atoms with Gasteiger partial charge in [-0.1, -0.05) is 54.6 Å². The third-order valence-corrected chi connectivity index (χ3v) is 4.46. The summed E-state index contributed by atoms with van der Waals surface area (Å²) in [6.07, 6.45) is 1.35. The number of Topliss-reactive ketones (excluding diaryl/α,β-unsaturated/α-hetero) is 1. The molecule has 3 rings (SSSR count). The predicted molar refractivity (Wildman–Crippen MR) is 102 cm³/mol. The summed E-state index contributed by atoms with van der Waals surface area (Å²) in [5, 5.41) is 0. The average molecular weight is 359 g/mol. The lowest BCUT2D eigenvalue weighted by Crippen LogP contribution is -2.32. The van der Waals surface area contributed by atoms with Crippen molar-refractivity contribution in [1.82, 2.24) is 4.90 Å². The summed E-state index contributed by atoms with van der Waals surface area (Å²) < 4.78 is 0. The molecular formula is C20H23ClN2O2. The second-order valence-electron chi connectivity index (χ2n) is 6.26. The van der Waals surface area contributed by atoms with Crippen molar-refractivity contribution in [1.29, 1.82) is 0 Å². The first kappa shape index (κ1) is 19.2. The highest BCUT2D eigenvalue weighted by Crippen LogP contribution is 2.20. The van der Waals surface area contributed by atoms with E-state index in [4.69, 9.17) is 5.73 Å². The van der Waals surface area contributed by atoms with E-state index in [2.05, 4.69) is 0 Å². The SMILES string of the molecule is Cl.N[C@@H]1CCN(C(=O)CCC(=O)c2ccc(-c3ccccc3)cc2)C1. The number of benzene rings is 2. The maximum absolute atomic E-state index is 12.3. The van der Waals surface area contributed by atoms with Gasteiger partial charge in [-0.05, 0) is 17.5 Å². The van der Waals surface area contributed by atoms with Gasteiger partial charge < -0.3 is 10.6 Å². The minimum atomic E-state index is 0. The van der Waals surface area contributed by atoms with Gasteiger partial charge >= 0.3 is 0 Å². The number of likely N-dealkylation sites (tertiary alicyclic amines) is 1. The largest absolute Gasteiger partial charge is 0.341 e. The first-order valence-corrected chi connectivity index (χ1v) is 8.35. The summed E-state index contributed by atoms with van der Waals surface area (Å²) in [6.45, 7) is 1.32. The quantitative estimate of drug-likeness (QED) is 0.834. The van der Waals surface area contributed by atoms with Crippen LogP contribution in [0.3, 0.4) is 0 Å². The Morgan fingerprint density at radius 2 is 1.60 bits per heavy atom. The van der Waals surface area contributed by atoms with Crippen molar-refractivity contribution < 1.29 is 9.59 Å². The molecule has 25 heavy (non-hydrogen) atoms. The van der Waals surface area contributed by atoms with Crippen molar-refractivity contribution in [3.8, 4) is 11.1 Å². The van der Waals surface area contributed by atoms with Gasteiger partial charge in [0.15, 0.2) is 5.78 Å². The van der Waals surface area contributed by atoms with Crippen LogP contribution in [0, 0.1) is 0 Å². The molecule has 1 saturated heterocycles. The Kier molecular flexibility index (Phi) is 6.73. The summed E-state index contributed by atoms with van der Waals surface area (Å²) in [7, 11) is 0. The number of nitrogens with two attached hydrogens (primary N) is 1. The molecule has 5 heteroatoms. The number of hydrogen-bond donors (Lipinski definition) is 1. The van der Waals surface area contributed by atoms with Gasteiger partial charge in [0.2, 0.25) is 5.91 Å². The van der Waals surface area contributed by atoms with Crippen LogP contribution in [0.15, 0.2) is 54.6 Å². The van der Waals surface area contributed by atoms with E-state index in [-0.39, 0.29) is 43.0 Å². The zero-order valence-corrected chi connectivity index (χ0v) is 14.9. The van der Waals surface area contributed by atoms with E-state index < -0.39 is 0 Å². The van der Waals surface area contributed by atoms with Crippen molar-refractivity contribution in [3.63, 3.8) is 0 Å². The Morgan fingerprint density at radius 3 is 2.20 bits per heavy atom. The number of nitrogens with zero attached hydrogens (tertiary/aromatic N) is 1. The summed E-state index contributed by atoms with van der Waals surface area (Å²) >= 11 is 0. The van der Waals surface area contributed by atoms with Crippen LogP contribution >= 0.6 is 12.4 Å². The summed E-state index contributed by atoms with van der Waals surface area (Å²) in [5.74, 6) is 0.0312. The molecular weight excluding hydrogens is 336 g/mol. The molecule has 2 aromatic rings. The number of amides is 1. The van der Waals surface area contributed by atoms with E-state index in [1.165, 1.54) is 0 Å². The van der Waals surface area contributed by atoms with E-state index in [0.29, 0.717) is 18.7 Å². The molecule has 1 fully saturated rings. The van der Waals surface area contributed by atoms with Crippen LogP contribution in [0.4, 0.5) is 0 Å². The van der Waals surface area contributed by atoms with E-state index in [1.54, 1.807) is 4.90 Å². The topological polar surface area (TPSA) is 63.4 Å². The van der Waals surface area contributed by atoms with E-state index in [9.17, 15) is 9.59 Å². The smallest absolute Gasteiger partial charge is 0.223 e. The van der Waals surface area contributed by atoms with Gasteiger partial charge in [-0.3, -0.25) is 9.59 Å². The van der Waals surface area contributed by atoms with Crippen molar-refractivity contribution >= 4 is 24.1 Å². The number of halogens is 1. The van der Waals surface area contributed by atoms with Crippen LogP contribution < -0.4 is 5.73 Å². The summed E-state index contributed by atoms with van der Waals surface area (Å²) in [5.41, 5.74) is 8.66. The maximum Gasteiger partial charge on any atom is 0.223 e. The molecule has 132 valence electrons. The first-order valence-electron chi connectivity index (χ1n) is 8.35. The first-order chi connectivity index (χ1) is 11.6. The Hall–Kier alpha value is -2.17. The van der Waals surface area contributed by atoms with Crippen LogP contribution in [-0.2, 0) is 4.79 Å². The molecule has 0 aromatic heterocycles. The molecule has 0 bridgehead atoms. The van der Waals surface area contributed by atoms with Crippen molar-refractivity contribution in [2.45, 2.75) is 25.3 Å². The van der Waals surface area contributed by atoms with Crippen LogP contribution in [0.2, 0.25) is 0 Å². The lowest BCUT2D eigenvalue weighted by atomic mass is 10.0. The van der Waals surface area contributed by atoms with Crippen molar-refractivity contribution in [3.05, 3.63) is 60.2 Å². The van der Waals surface area contributed by atoms with E-state index >= 15 is 0 Å². The maximum atomic E-state index is 12.3. The monoisotopic (exact) mass is 358 g/mol. The fraction of sp³-hybridized carbons (Fsp3) is 0.300. The number of ketones is 1. The van der Waals surface area contributed by atoms with Crippen LogP contribution in [0.25, 0.3) is 11.1 Å². The normalized spacial score (nSPS) is 16.4. The summed E-state index contributed by atoms with van der Waals surface area (Å²) in [6, 6.07) is 17.7. The lowest BCUT2D eigenvalue weighted by Gasteiger charge is -2.15. The fourth-order valence-corrected chi connectivity index (χ4v) is 3.02. The molecule has 0 saturated carbocycles. The minimum Gasteiger partial charge on any atom is -0.341 e. The van der Waals surface area contributed by atoms with Gasteiger partial charge in [-0.25, -0.2) is 0 Å². The van der Waals surface area contributed by atoms with E-state index in [0.717, 1.165) is 17.5 Å². The molecule has 0 aliphatic carbocycles. The molecule has 1 amide bonds. The third kappa shape index (κ3) is 4.91. The van der Waals surface area contributed by atoms with Crippen LogP contribution in [0.5, 0.6) is 0 Å². The standard InChI is InChI=1S/C20H22N2O2.ClH/c21-18-12-13-22(14-18)20(24)11-10-19(23)17-8-6-16(7-9-17)15-4-2-1-3-5-15;/h1-9,18H,10-14,21H2;1H/t18-;/m1./s1. The highest BCUT2D eigenvalue weighted by Gasteiger charge is 2.23. The highest BCUT2D eigenvalue weighted by molar-refractivity contribution is 5.98. The molecule has 0 spiro atoms. The Balaban J connectivity index is 0.00000225. The minimum absolute atomic E-state index is 0. The van der Waals surface area contributed by atoms with Crippen LogP contribution in [0.1, 0.15) is 29.6 Å². The van der Waals surface area contributed by atoms with Gasteiger partial charge in [-0.15, -0.1) is 12.4 Å². The zero-order chi connectivity index (χ0) is 16.9. The molecule has 1 aliphatic heterocycles. The van der Waals surface area contributed by atoms with Gasteiger partial charge in [0, 0.05) is 37.5 Å². The third-order valence-electron chi connectivity index (χ3n) is 4.46. The molecule has 2 aromatic carbocycles. The number of carbonyl (C=O) groups is 2. The average Bonchev–Trinajstić information content (AvgIpc) is 3.07. The van der Waals surface area contributed by atoms with E-state index in [1.807, 2.05) is 54.6 Å². The molecule has 2 N–H and O–H groups in total. The second-order valence-corrected chi connectivity index (χ2v) is 6.26. The fourth-order valence-electron chi connectivity index (χ4n) is 3.02. The Bertz CT molecular complexity index is 716. The van der Waals surface area contributed by atoms with Crippen molar-refractivity contribution in [2.24, 2.45) is 5.73 Å². The number of rotatable bonds is 5. The predicted octanol–water partition coefficient (Wildman–Crippen LogP) is 3.30. The van der Waals surface area contributed by atoms with Gasteiger partial charge in [0.1, 0.15) is 0 Å². The molecule has 4 nitrogen and oxygen atoms in total. The van der Waals surface area contributed by atoms with Crippen molar-refractivity contribution in [2.75, 3.05) is 13.1 Å². The number of hydrogen-bond acceptors (Lipinski definition) is 3. The van der Waals surface area contributed by atoms with Crippen LogP contribution in [-0.4, -0.2) is 35.7 Å². The molecule has 0 unspecified atom stereocenters. The Labute approximate surface area is 154 Å². The van der Waals surface area contributed by atoms with Gasteiger partial charge in [0.25, 0.3) is 0 Å². The number of carbonyl (C=O) groups excluding carboxylic acids is 2. The lowest BCUT2D eigenvalue weighted by molar-refractivity contribution is -0.130. The summed E-state index contributed by atoms with van der Waals surface area (Å²) in [4.78, 5) is 26.1. The molecule has 1 atom stereocenters. The molecule has 1 heterocycles. The second kappa shape index (κ2) is 8.79.